The van der Waals surface area contributed by atoms with Crippen molar-refractivity contribution in [1.82, 2.24) is 4.90 Å². The van der Waals surface area contributed by atoms with Gasteiger partial charge in [-0.3, -0.25) is 0 Å². The molecule has 0 radical (unpaired) electrons. The minimum Gasteiger partial charge on any atom is -0.396 e. The maximum absolute atomic E-state index is 9.82. The third kappa shape index (κ3) is 41.1. The first-order valence-corrected chi connectivity index (χ1v) is 23.9. The van der Waals surface area contributed by atoms with Crippen LogP contribution in [0.25, 0.3) is 0 Å². The minimum absolute atomic E-state index is 0. The van der Waals surface area contributed by atoms with Crippen molar-refractivity contribution in [2.24, 2.45) is 0 Å². The van der Waals surface area contributed by atoms with Crippen LogP contribution in [0.5, 0.6) is 0 Å². The molecule has 4 heteroatoms. The van der Waals surface area contributed by atoms with Crippen molar-refractivity contribution in [3.63, 3.8) is 0 Å². The van der Waals surface area contributed by atoms with E-state index in [2.05, 4.69) is 50.1 Å². The van der Waals surface area contributed by atoms with E-state index >= 15 is 0 Å². The topological polar surface area (TPSA) is 43.7 Å². The number of rotatable bonds is 44. The Bertz CT molecular complexity index is 655. The molecule has 0 saturated carbocycles. The number of aliphatic hydroxyl groups is 2. The second-order valence-corrected chi connectivity index (χ2v) is 16.6. The number of hydrogen-bond acceptors (Lipinski definition) is 3. The molecule has 2 atom stereocenters. The van der Waals surface area contributed by atoms with Crippen LogP contribution in [0.15, 0.2) is 24.3 Å². The minimum atomic E-state index is 0. The van der Waals surface area contributed by atoms with Crippen LogP contribution < -0.4 is 0 Å². The number of allylic oxidation sites excluding steroid dienone is 4. The average Bonchev–Trinajstić information content (AvgIpc) is 3.15. The largest absolute Gasteiger partial charge is 0.396 e. The summed E-state index contributed by atoms with van der Waals surface area (Å²) in [6.07, 6.45) is 60.2. The van der Waals surface area contributed by atoms with Gasteiger partial charge >= 0.3 is 0 Å². The van der Waals surface area contributed by atoms with Gasteiger partial charge in [-0.1, -0.05) is 205 Å². The van der Waals surface area contributed by atoms with E-state index in [-0.39, 0.29) is 25.6 Å². The van der Waals surface area contributed by atoms with Crippen LogP contribution in [0.2, 0.25) is 0 Å². The van der Waals surface area contributed by atoms with Gasteiger partial charge < -0.3 is 15.1 Å². The van der Waals surface area contributed by atoms with Crippen LogP contribution in [0, 0.1) is 0 Å². The first kappa shape index (κ1) is 54.7. The molecule has 0 aromatic carbocycles. The van der Waals surface area contributed by atoms with Crippen molar-refractivity contribution >= 4 is 12.4 Å². The number of aliphatic hydroxyl groups excluding tert-OH is 2. The van der Waals surface area contributed by atoms with Crippen LogP contribution in [0.4, 0.5) is 0 Å². The highest BCUT2D eigenvalue weighted by molar-refractivity contribution is 5.85. The van der Waals surface area contributed by atoms with E-state index in [9.17, 15) is 10.2 Å². The molecular formula is C49H98ClNO2. The quantitative estimate of drug-likeness (QED) is 0.0479. The molecule has 0 fully saturated rings. The SMILES string of the molecule is CCCCCCCC/C=C\CCCCCCCCCCCC(CCO)N(C)C(CCO)CCCCCCCCCCC/C=C\CCCCCCCC.Cl. The summed E-state index contributed by atoms with van der Waals surface area (Å²) in [5, 5.41) is 19.6. The second kappa shape index (κ2) is 47.8. The van der Waals surface area contributed by atoms with E-state index in [1.165, 1.54) is 231 Å². The van der Waals surface area contributed by atoms with Crippen LogP contribution in [0.1, 0.15) is 258 Å². The van der Waals surface area contributed by atoms with Gasteiger partial charge in [-0.2, -0.15) is 0 Å². The Morgan fingerprint density at radius 2 is 0.566 bits per heavy atom. The first-order chi connectivity index (χ1) is 25.7. The van der Waals surface area contributed by atoms with E-state index in [4.69, 9.17) is 0 Å². The molecular weight excluding hydrogens is 670 g/mol. The fourth-order valence-corrected chi connectivity index (χ4v) is 8.02. The predicted octanol–water partition coefficient (Wildman–Crippen LogP) is 16.0. The molecule has 0 bridgehead atoms. The lowest BCUT2D eigenvalue weighted by Crippen LogP contribution is -2.41. The Morgan fingerprint density at radius 1 is 0.340 bits per heavy atom. The van der Waals surface area contributed by atoms with Crippen molar-refractivity contribution < 1.29 is 10.2 Å². The molecule has 0 spiro atoms. The van der Waals surface area contributed by atoms with E-state index < -0.39 is 0 Å². The molecule has 318 valence electrons. The fourth-order valence-electron chi connectivity index (χ4n) is 8.02. The lowest BCUT2D eigenvalue weighted by molar-refractivity contribution is 0.104. The third-order valence-corrected chi connectivity index (χ3v) is 11.7. The second-order valence-electron chi connectivity index (χ2n) is 16.6. The zero-order chi connectivity index (χ0) is 37.8. The van der Waals surface area contributed by atoms with Gasteiger partial charge in [-0.25, -0.2) is 0 Å². The third-order valence-electron chi connectivity index (χ3n) is 11.7. The van der Waals surface area contributed by atoms with Crippen LogP contribution >= 0.6 is 12.4 Å². The molecule has 0 rings (SSSR count). The Hall–Kier alpha value is -0.350. The molecule has 0 aromatic heterocycles. The summed E-state index contributed by atoms with van der Waals surface area (Å²) in [5.74, 6) is 0. The smallest absolute Gasteiger partial charge is 0.0445 e. The zero-order valence-corrected chi connectivity index (χ0v) is 37.3. The highest BCUT2D eigenvalue weighted by Crippen LogP contribution is 2.22. The summed E-state index contributed by atoms with van der Waals surface area (Å²) in [5.41, 5.74) is 0. The monoisotopic (exact) mass is 768 g/mol. The highest BCUT2D eigenvalue weighted by Gasteiger charge is 2.22. The van der Waals surface area contributed by atoms with Crippen molar-refractivity contribution in [1.29, 1.82) is 0 Å². The molecule has 0 aliphatic carbocycles. The van der Waals surface area contributed by atoms with Crippen molar-refractivity contribution in [3.05, 3.63) is 24.3 Å². The van der Waals surface area contributed by atoms with Crippen molar-refractivity contribution in [2.45, 2.75) is 270 Å². The fraction of sp³-hybridized carbons (Fsp3) is 0.918. The van der Waals surface area contributed by atoms with E-state index in [1.807, 2.05) is 0 Å². The number of hydrogen-bond donors (Lipinski definition) is 2. The average molecular weight is 769 g/mol. The van der Waals surface area contributed by atoms with Gasteiger partial charge in [0.05, 0.1) is 0 Å². The standard InChI is InChI=1S/C49H97NO2.ClH/c1-4-6-8-10-12-14-16-18-20-22-24-26-28-30-32-34-36-38-40-42-48(44-46-51)50(3)49(45-47-52)43-41-39-37-35-33-31-29-27-25-23-21-19-17-15-13-11-9-7-5-2;/h18-21,48-49,51-52H,4-17,22-47H2,1-3H3;1H/b20-18-,21-19-;. The zero-order valence-electron chi connectivity index (χ0n) is 36.5. The summed E-state index contributed by atoms with van der Waals surface area (Å²) in [6, 6.07) is 0.884. The molecule has 0 aliphatic rings. The van der Waals surface area contributed by atoms with E-state index in [0.717, 1.165) is 12.8 Å². The summed E-state index contributed by atoms with van der Waals surface area (Å²) < 4.78 is 0. The lowest BCUT2D eigenvalue weighted by atomic mass is 9.97. The predicted molar refractivity (Wildman–Crippen MR) is 242 cm³/mol. The van der Waals surface area contributed by atoms with Gasteiger partial charge in [0.25, 0.3) is 0 Å². The van der Waals surface area contributed by atoms with Crippen LogP contribution in [-0.4, -0.2) is 47.5 Å². The summed E-state index contributed by atoms with van der Waals surface area (Å²) in [7, 11) is 2.26. The van der Waals surface area contributed by atoms with Gasteiger partial charge in [0.15, 0.2) is 0 Å². The van der Waals surface area contributed by atoms with Gasteiger partial charge in [0.1, 0.15) is 0 Å². The van der Waals surface area contributed by atoms with Gasteiger partial charge in [-0.05, 0) is 84.1 Å². The Labute approximate surface area is 340 Å². The maximum Gasteiger partial charge on any atom is 0.0445 e. The Kier molecular flexibility index (Phi) is 49.4. The molecule has 2 unspecified atom stereocenters. The summed E-state index contributed by atoms with van der Waals surface area (Å²) in [6.45, 7) is 5.12. The molecule has 0 heterocycles. The molecule has 3 nitrogen and oxygen atoms in total. The molecule has 0 saturated heterocycles. The molecule has 0 amide bonds. The van der Waals surface area contributed by atoms with Crippen LogP contribution in [-0.2, 0) is 0 Å². The van der Waals surface area contributed by atoms with Gasteiger partial charge in [-0.15, -0.1) is 12.4 Å². The number of nitrogens with zero attached hydrogens (tertiary/aromatic N) is 1. The lowest BCUT2D eigenvalue weighted by Gasteiger charge is -2.35. The molecule has 53 heavy (non-hydrogen) atoms. The van der Waals surface area contributed by atoms with E-state index in [1.54, 1.807) is 0 Å². The Morgan fingerprint density at radius 3 is 0.811 bits per heavy atom. The van der Waals surface area contributed by atoms with Gasteiger partial charge in [0.2, 0.25) is 0 Å². The summed E-state index contributed by atoms with van der Waals surface area (Å²) in [4.78, 5) is 2.53. The van der Waals surface area contributed by atoms with Crippen molar-refractivity contribution in [3.8, 4) is 0 Å². The van der Waals surface area contributed by atoms with Gasteiger partial charge in [0, 0.05) is 25.3 Å². The Balaban J connectivity index is 0. The summed E-state index contributed by atoms with van der Waals surface area (Å²) >= 11 is 0. The van der Waals surface area contributed by atoms with Crippen molar-refractivity contribution in [2.75, 3.05) is 20.3 Å². The molecule has 0 aliphatic heterocycles. The highest BCUT2D eigenvalue weighted by atomic mass is 35.5. The maximum atomic E-state index is 9.82. The van der Waals surface area contributed by atoms with Crippen LogP contribution in [0.3, 0.4) is 0 Å². The van der Waals surface area contributed by atoms with E-state index in [0.29, 0.717) is 12.1 Å². The first-order valence-electron chi connectivity index (χ1n) is 23.9. The normalized spacial score (nSPS) is 13.1. The molecule has 0 aromatic rings. The molecule has 2 N–H and O–H groups in total. The number of unbranched alkanes of at least 4 members (excludes halogenated alkanes) is 30. The number of halogens is 1.